The van der Waals surface area contributed by atoms with E-state index in [1.54, 1.807) is 23.6 Å². The van der Waals surface area contributed by atoms with Crippen LogP contribution in [0.1, 0.15) is 30.9 Å². The Morgan fingerprint density at radius 2 is 1.64 bits per heavy atom. The molecule has 0 radical (unpaired) electrons. The van der Waals surface area contributed by atoms with Crippen molar-refractivity contribution in [3.63, 3.8) is 0 Å². The maximum Gasteiger partial charge on any atom is 0.331 e. The molecular formula is C28H34N4O4. The summed E-state index contributed by atoms with van der Waals surface area (Å²) < 4.78 is 2.89. The zero-order valence-electron chi connectivity index (χ0n) is 20.8. The maximum atomic E-state index is 13.6. The molecule has 1 N–H and O–H groups in total. The number of benzene rings is 2. The summed E-state index contributed by atoms with van der Waals surface area (Å²) >= 11 is 0. The van der Waals surface area contributed by atoms with E-state index in [0.29, 0.717) is 37.1 Å². The quantitative estimate of drug-likeness (QED) is 0.570. The second kappa shape index (κ2) is 10.4. The van der Waals surface area contributed by atoms with Gasteiger partial charge in [-0.25, -0.2) is 4.79 Å². The van der Waals surface area contributed by atoms with Crippen LogP contribution in [-0.4, -0.2) is 62.2 Å². The van der Waals surface area contributed by atoms with Gasteiger partial charge in [0.15, 0.2) is 0 Å². The number of carbonyl (C=O) groups excluding carboxylic acids is 1. The molecule has 8 heteroatoms. The number of para-hydroxylation sites is 1. The summed E-state index contributed by atoms with van der Waals surface area (Å²) in [5, 5.41) is 11.4. The Balaban J connectivity index is 1.36. The third-order valence-corrected chi connectivity index (χ3v) is 7.70. The van der Waals surface area contributed by atoms with Crippen molar-refractivity contribution in [1.29, 1.82) is 0 Å². The number of likely N-dealkylation sites (tertiary alicyclic amines) is 1. The molecule has 1 amide bonds. The number of nitrogens with zero attached hydrogens (tertiary/aromatic N) is 4. The van der Waals surface area contributed by atoms with Crippen LogP contribution >= 0.6 is 0 Å². The van der Waals surface area contributed by atoms with Gasteiger partial charge in [0, 0.05) is 46.2 Å². The van der Waals surface area contributed by atoms with Gasteiger partial charge in [-0.3, -0.25) is 23.6 Å². The molecule has 190 valence electrons. The number of hydrogen-bond donors (Lipinski definition) is 1. The molecule has 2 aromatic carbocycles. The highest BCUT2D eigenvalue weighted by molar-refractivity contribution is 5.77. The maximum absolute atomic E-state index is 13.6. The van der Waals surface area contributed by atoms with E-state index in [1.165, 1.54) is 15.7 Å². The van der Waals surface area contributed by atoms with Crippen LogP contribution in [0.3, 0.4) is 0 Å². The largest absolute Gasteiger partial charge is 0.390 e. The summed E-state index contributed by atoms with van der Waals surface area (Å²) in [5.74, 6) is 0.321. The molecule has 1 unspecified atom stereocenters. The van der Waals surface area contributed by atoms with Crippen molar-refractivity contribution in [1.82, 2.24) is 18.9 Å². The lowest BCUT2D eigenvalue weighted by molar-refractivity contribution is -0.130. The van der Waals surface area contributed by atoms with E-state index in [2.05, 4.69) is 17.0 Å². The van der Waals surface area contributed by atoms with Crippen LogP contribution in [-0.2, 0) is 30.8 Å². The van der Waals surface area contributed by atoms with E-state index in [4.69, 9.17) is 0 Å². The SMILES string of the molecule is CC(=O)N1CCC(Cn2c(=O)n(CC(O)CN3CCc4ccccc4C3)c(=O)c3ccccc32)CC1. The molecule has 0 saturated carbocycles. The van der Waals surface area contributed by atoms with E-state index in [9.17, 15) is 19.5 Å². The molecule has 5 rings (SSSR count). The molecule has 1 saturated heterocycles. The Hall–Kier alpha value is -3.23. The van der Waals surface area contributed by atoms with Crippen molar-refractivity contribution in [2.24, 2.45) is 5.92 Å². The zero-order chi connectivity index (χ0) is 25.2. The zero-order valence-corrected chi connectivity index (χ0v) is 20.8. The third-order valence-electron chi connectivity index (χ3n) is 7.70. The lowest BCUT2D eigenvalue weighted by Crippen LogP contribution is -2.46. The van der Waals surface area contributed by atoms with Crippen molar-refractivity contribution >= 4 is 16.8 Å². The van der Waals surface area contributed by atoms with Crippen LogP contribution in [0.2, 0.25) is 0 Å². The summed E-state index contributed by atoms with van der Waals surface area (Å²) in [5.41, 5.74) is 2.49. The molecule has 0 spiro atoms. The first-order chi connectivity index (χ1) is 17.4. The van der Waals surface area contributed by atoms with E-state index in [1.807, 2.05) is 29.2 Å². The minimum atomic E-state index is -0.839. The van der Waals surface area contributed by atoms with Gasteiger partial charge in [0.1, 0.15) is 0 Å². The second-order valence-electron chi connectivity index (χ2n) is 10.2. The Morgan fingerprint density at radius 1 is 0.944 bits per heavy atom. The van der Waals surface area contributed by atoms with Crippen LogP contribution in [0.25, 0.3) is 10.9 Å². The first-order valence-electron chi connectivity index (χ1n) is 12.9. The monoisotopic (exact) mass is 490 g/mol. The average Bonchev–Trinajstić information content (AvgIpc) is 2.89. The predicted octanol–water partition coefficient (Wildman–Crippen LogP) is 1.84. The number of fused-ring (bicyclic) bond motifs is 2. The molecular weight excluding hydrogens is 456 g/mol. The van der Waals surface area contributed by atoms with E-state index >= 15 is 0 Å². The fourth-order valence-corrected chi connectivity index (χ4v) is 5.67. The third kappa shape index (κ3) is 5.01. The minimum Gasteiger partial charge on any atom is -0.390 e. The molecule has 3 heterocycles. The Morgan fingerprint density at radius 3 is 2.39 bits per heavy atom. The van der Waals surface area contributed by atoms with Crippen molar-refractivity contribution in [2.75, 3.05) is 26.2 Å². The normalized spacial score (nSPS) is 17.8. The van der Waals surface area contributed by atoms with Crippen LogP contribution in [0.4, 0.5) is 0 Å². The molecule has 0 aliphatic carbocycles. The highest BCUT2D eigenvalue weighted by atomic mass is 16.3. The van der Waals surface area contributed by atoms with Crippen LogP contribution in [0.5, 0.6) is 0 Å². The Labute approximate surface area is 210 Å². The lowest BCUT2D eigenvalue weighted by atomic mass is 9.96. The molecule has 36 heavy (non-hydrogen) atoms. The summed E-state index contributed by atoms with van der Waals surface area (Å²) in [7, 11) is 0. The fourth-order valence-electron chi connectivity index (χ4n) is 5.67. The number of aliphatic hydroxyl groups excluding tert-OH is 1. The number of β-amino-alcohol motifs (C(OH)–C–C–N with tert-alkyl or cyclic N) is 1. The van der Waals surface area contributed by atoms with Gasteiger partial charge in [-0.15, -0.1) is 0 Å². The standard InChI is InChI=1S/C28H34N4O4/c1-20(33)30-14-10-21(11-15-30)16-31-26-9-5-4-8-25(26)27(35)32(28(31)36)19-24(34)18-29-13-12-22-6-2-3-7-23(22)17-29/h2-9,21,24,34H,10-19H2,1H3. The van der Waals surface area contributed by atoms with Crippen molar-refractivity contribution in [2.45, 2.75) is 51.9 Å². The molecule has 1 fully saturated rings. The smallest absolute Gasteiger partial charge is 0.331 e. The molecule has 0 bridgehead atoms. The first-order valence-corrected chi connectivity index (χ1v) is 12.9. The Kier molecular flexibility index (Phi) is 7.07. The lowest BCUT2D eigenvalue weighted by Gasteiger charge is -2.32. The highest BCUT2D eigenvalue weighted by Gasteiger charge is 2.24. The predicted molar refractivity (Wildman–Crippen MR) is 139 cm³/mol. The summed E-state index contributed by atoms with van der Waals surface area (Å²) in [6, 6.07) is 15.5. The van der Waals surface area contributed by atoms with Gasteiger partial charge in [0.05, 0.1) is 23.6 Å². The van der Waals surface area contributed by atoms with Gasteiger partial charge < -0.3 is 10.0 Å². The fraction of sp³-hybridized carbons (Fsp3) is 0.464. The van der Waals surface area contributed by atoms with Gasteiger partial charge in [-0.2, -0.15) is 0 Å². The van der Waals surface area contributed by atoms with E-state index in [0.717, 1.165) is 32.4 Å². The number of amides is 1. The molecule has 1 aromatic heterocycles. The Bertz CT molecular complexity index is 1370. The van der Waals surface area contributed by atoms with Gasteiger partial charge in [-0.05, 0) is 48.4 Å². The first kappa shape index (κ1) is 24.5. The van der Waals surface area contributed by atoms with Gasteiger partial charge in [-0.1, -0.05) is 36.4 Å². The van der Waals surface area contributed by atoms with Gasteiger partial charge in [0.2, 0.25) is 5.91 Å². The van der Waals surface area contributed by atoms with E-state index in [-0.39, 0.29) is 29.6 Å². The molecule has 2 aliphatic rings. The van der Waals surface area contributed by atoms with E-state index < -0.39 is 6.10 Å². The number of hydrogen-bond acceptors (Lipinski definition) is 5. The van der Waals surface area contributed by atoms with Crippen LogP contribution in [0, 0.1) is 5.92 Å². The highest BCUT2D eigenvalue weighted by Crippen LogP contribution is 2.21. The number of aliphatic hydroxyl groups is 1. The second-order valence-corrected chi connectivity index (χ2v) is 10.2. The molecule has 1 atom stereocenters. The van der Waals surface area contributed by atoms with Crippen molar-refractivity contribution in [3.05, 3.63) is 80.5 Å². The molecule has 3 aromatic rings. The van der Waals surface area contributed by atoms with Crippen LogP contribution < -0.4 is 11.2 Å². The number of piperidine rings is 1. The van der Waals surface area contributed by atoms with Crippen molar-refractivity contribution in [3.8, 4) is 0 Å². The topological polar surface area (TPSA) is 87.8 Å². The summed E-state index contributed by atoms with van der Waals surface area (Å²) in [4.78, 5) is 42.6. The van der Waals surface area contributed by atoms with Gasteiger partial charge in [0.25, 0.3) is 5.56 Å². The molecule has 8 nitrogen and oxygen atoms in total. The average molecular weight is 491 g/mol. The van der Waals surface area contributed by atoms with Crippen molar-refractivity contribution < 1.29 is 9.90 Å². The number of carbonyl (C=O) groups is 1. The summed E-state index contributed by atoms with van der Waals surface area (Å²) in [6.45, 7) is 5.40. The summed E-state index contributed by atoms with van der Waals surface area (Å²) in [6.07, 6.45) is 1.72. The minimum absolute atomic E-state index is 0.0383. The number of aromatic nitrogens is 2. The van der Waals surface area contributed by atoms with Gasteiger partial charge >= 0.3 is 5.69 Å². The van der Waals surface area contributed by atoms with Crippen LogP contribution in [0.15, 0.2) is 58.1 Å². The number of rotatable bonds is 6. The molecule has 2 aliphatic heterocycles.